The molecule has 138 valence electrons. The maximum atomic E-state index is 2.45. The van der Waals surface area contributed by atoms with Crippen molar-refractivity contribution >= 4 is 0 Å². The molecule has 0 saturated carbocycles. The lowest BCUT2D eigenvalue weighted by Crippen LogP contribution is -2.04. The second kappa shape index (κ2) is 5.70. The van der Waals surface area contributed by atoms with Gasteiger partial charge in [0.25, 0.3) is 0 Å². The lowest BCUT2D eigenvalue weighted by molar-refractivity contribution is 0.545. The largest absolute Gasteiger partial charge is 0.0622 e. The molecule has 7 rings (SSSR count). The van der Waals surface area contributed by atoms with Crippen molar-refractivity contribution in [1.82, 2.24) is 0 Å². The average Bonchev–Trinajstić information content (AvgIpc) is 3.41. The van der Waals surface area contributed by atoms with Gasteiger partial charge in [-0.3, -0.25) is 0 Å². The van der Waals surface area contributed by atoms with Crippen LogP contribution in [-0.4, -0.2) is 0 Å². The van der Waals surface area contributed by atoms with Crippen LogP contribution in [0.15, 0.2) is 91.0 Å². The molecule has 3 aliphatic carbocycles. The fourth-order valence-corrected chi connectivity index (χ4v) is 6.46. The van der Waals surface area contributed by atoms with Crippen molar-refractivity contribution in [3.05, 3.63) is 130 Å². The summed E-state index contributed by atoms with van der Waals surface area (Å²) in [6.45, 7) is 0. The lowest BCUT2D eigenvalue weighted by atomic mass is 9.84. The summed E-state index contributed by atoms with van der Waals surface area (Å²) in [5, 5.41) is 0. The molecule has 0 radical (unpaired) electrons. The molecule has 0 N–H and O–H groups in total. The Morgan fingerprint density at radius 3 is 2.21 bits per heavy atom. The van der Waals surface area contributed by atoms with E-state index in [9.17, 15) is 0 Å². The average molecular weight is 370 g/mol. The summed E-state index contributed by atoms with van der Waals surface area (Å²) < 4.78 is 0. The van der Waals surface area contributed by atoms with Crippen molar-refractivity contribution in [1.29, 1.82) is 0 Å². The van der Waals surface area contributed by atoms with Crippen LogP contribution in [0.1, 0.15) is 50.8 Å². The summed E-state index contributed by atoms with van der Waals surface area (Å²) >= 11 is 0. The summed E-state index contributed by atoms with van der Waals surface area (Å²) in [6.07, 6.45) is 2.45. The van der Waals surface area contributed by atoms with Gasteiger partial charge in [-0.05, 0) is 68.8 Å². The first-order valence-corrected chi connectivity index (χ1v) is 10.8. The van der Waals surface area contributed by atoms with E-state index in [2.05, 4.69) is 91.0 Å². The first kappa shape index (κ1) is 15.8. The second-order valence-corrected chi connectivity index (χ2v) is 8.87. The minimum Gasteiger partial charge on any atom is -0.0622 e. The third kappa shape index (κ3) is 2.04. The first-order chi connectivity index (χ1) is 14.4. The van der Waals surface area contributed by atoms with Gasteiger partial charge in [-0.15, -0.1) is 0 Å². The van der Waals surface area contributed by atoms with Crippen molar-refractivity contribution in [3.63, 3.8) is 0 Å². The van der Waals surface area contributed by atoms with E-state index in [1.54, 1.807) is 27.8 Å². The Morgan fingerprint density at radius 2 is 1.31 bits per heavy atom. The standard InChI is InChI=1S/C29H22/c1-2-8-18(9-3-1)28-23-13-7-6-12-22(23)24-14-15-25-26(29(24)28)17-20-16-19-10-4-5-11-21(19)27(20)25/h1-15,20,27-28H,16-17H2. The fourth-order valence-electron chi connectivity index (χ4n) is 6.46. The van der Waals surface area contributed by atoms with E-state index in [1.165, 1.54) is 35.1 Å². The first-order valence-electron chi connectivity index (χ1n) is 10.8. The zero-order chi connectivity index (χ0) is 18.9. The van der Waals surface area contributed by atoms with Crippen LogP contribution in [0.25, 0.3) is 11.1 Å². The molecule has 0 spiro atoms. The van der Waals surface area contributed by atoms with Gasteiger partial charge in [0.15, 0.2) is 0 Å². The van der Waals surface area contributed by atoms with Crippen LogP contribution in [0.5, 0.6) is 0 Å². The van der Waals surface area contributed by atoms with E-state index in [4.69, 9.17) is 0 Å². The molecule has 0 heteroatoms. The smallest absolute Gasteiger partial charge is 0.0355 e. The van der Waals surface area contributed by atoms with Gasteiger partial charge in [0.05, 0.1) is 0 Å². The maximum absolute atomic E-state index is 2.45. The highest BCUT2D eigenvalue weighted by atomic mass is 14.5. The zero-order valence-corrected chi connectivity index (χ0v) is 16.3. The number of rotatable bonds is 1. The van der Waals surface area contributed by atoms with E-state index < -0.39 is 0 Å². The molecule has 29 heavy (non-hydrogen) atoms. The molecule has 0 heterocycles. The summed E-state index contributed by atoms with van der Waals surface area (Å²) in [4.78, 5) is 0. The highest BCUT2D eigenvalue weighted by Gasteiger charge is 2.43. The van der Waals surface area contributed by atoms with E-state index in [1.807, 2.05) is 0 Å². The summed E-state index contributed by atoms with van der Waals surface area (Å²) in [7, 11) is 0. The minimum absolute atomic E-state index is 0.367. The molecular formula is C29H22. The number of benzene rings is 4. The molecule has 3 unspecified atom stereocenters. The summed E-state index contributed by atoms with van der Waals surface area (Å²) in [5.41, 5.74) is 13.7. The van der Waals surface area contributed by atoms with E-state index in [0.717, 1.165) is 5.92 Å². The fraction of sp³-hybridized carbons (Fsp3) is 0.172. The molecular weight excluding hydrogens is 348 g/mol. The molecule has 4 aromatic rings. The second-order valence-electron chi connectivity index (χ2n) is 8.87. The molecule has 0 saturated heterocycles. The van der Waals surface area contributed by atoms with E-state index >= 15 is 0 Å². The molecule has 0 aromatic heterocycles. The molecule has 0 bridgehead atoms. The van der Waals surface area contributed by atoms with Crippen molar-refractivity contribution < 1.29 is 0 Å². The molecule has 0 nitrogen and oxygen atoms in total. The molecule has 4 aromatic carbocycles. The maximum Gasteiger partial charge on any atom is 0.0355 e. The Morgan fingerprint density at radius 1 is 0.552 bits per heavy atom. The summed E-state index contributed by atoms with van der Waals surface area (Å²) in [5.74, 6) is 1.69. The zero-order valence-electron chi connectivity index (χ0n) is 16.3. The van der Waals surface area contributed by atoms with Crippen LogP contribution in [0.2, 0.25) is 0 Å². The number of hydrogen-bond acceptors (Lipinski definition) is 0. The molecule has 3 aliphatic rings. The minimum atomic E-state index is 0.367. The quantitative estimate of drug-likeness (QED) is 0.308. The predicted molar refractivity (Wildman–Crippen MR) is 118 cm³/mol. The van der Waals surface area contributed by atoms with E-state index in [0.29, 0.717) is 11.8 Å². The van der Waals surface area contributed by atoms with Gasteiger partial charge in [-0.1, -0.05) is 91.0 Å². The van der Waals surface area contributed by atoms with Crippen LogP contribution in [0, 0.1) is 5.92 Å². The Hall–Kier alpha value is -3.12. The highest BCUT2D eigenvalue weighted by Crippen LogP contribution is 2.57. The monoisotopic (exact) mass is 370 g/mol. The lowest BCUT2D eigenvalue weighted by Gasteiger charge is -2.19. The van der Waals surface area contributed by atoms with Crippen molar-refractivity contribution in [2.24, 2.45) is 5.92 Å². The predicted octanol–water partition coefficient (Wildman–Crippen LogP) is 6.71. The molecule has 0 aliphatic heterocycles. The molecule has 0 fully saturated rings. The molecule has 3 atom stereocenters. The van der Waals surface area contributed by atoms with Gasteiger partial charge in [0, 0.05) is 11.8 Å². The Balaban J connectivity index is 1.48. The molecule has 0 amide bonds. The normalized spacial score (nSPS) is 22.6. The van der Waals surface area contributed by atoms with Crippen LogP contribution in [0.4, 0.5) is 0 Å². The Kier molecular flexibility index (Phi) is 3.10. The number of fused-ring (bicyclic) bond motifs is 9. The topological polar surface area (TPSA) is 0 Å². The third-order valence-corrected chi connectivity index (χ3v) is 7.52. The van der Waals surface area contributed by atoms with Crippen LogP contribution >= 0.6 is 0 Å². The van der Waals surface area contributed by atoms with Crippen LogP contribution in [-0.2, 0) is 12.8 Å². The number of hydrogen-bond donors (Lipinski definition) is 0. The van der Waals surface area contributed by atoms with Crippen molar-refractivity contribution in [3.8, 4) is 11.1 Å². The van der Waals surface area contributed by atoms with Gasteiger partial charge in [0.2, 0.25) is 0 Å². The van der Waals surface area contributed by atoms with Gasteiger partial charge < -0.3 is 0 Å². The van der Waals surface area contributed by atoms with Crippen molar-refractivity contribution in [2.45, 2.75) is 24.7 Å². The highest BCUT2D eigenvalue weighted by molar-refractivity contribution is 5.83. The van der Waals surface area contributed by atoms with Crippen LogP contribution < -0.4 is 0 Å². The Bertz CT molecular complexity index is 1260. The van der Waals surface area contributed by atoms with Gasteiger partial charge >= 0.3 is 0 Å². The Labute approximate surface area is 171 Å². The summed E-state index contributed by atoms with van der Waals surface area (Å²) in [6, 6.07) is 34.1. The van der Waals surface area contributed by atoms with Gasteiger partial charge in [-0.2, -0.15) is 0 Å². The SMILES string of the molecule is c1ccc(C2c3ccccc3-c3ccc4c(c32)CC2Cc3ccccc3C42)cc1. The van der Waals surface area contributed by atoms with Gasteiger partial charge in [-0.25, -0.2) is 0 Å². The van der Waals surface area contributed by atoms with E-state index in [-0.39, 0.29) is 0 Å². The third-order valence-electron chi connectivity index (χ3n) is 7.52. The van der Waals surface area contributed by atoms with Crippen LogP contribution in [0.3, 0.4) is 0 Å². The van der Waals surface area contributed by atoms with Crippen molar-refractivity contribution in [2.75, 3.05) is 0 Å². The van der Waals surface area contributed by atoms with Gasteiger partial charge in [0.1, 0.15) is 0 Å².